The Morgan fingerprint density at radius 3 is 2.40 bits per heavy atom. The lowest BCUT2D eigenvalue weighted by Gasteiger charge is -2.16. The summed E-state index contributed by atoms with van der Waals surface area (Å²) in [5.41, 5.74) is 3.44. The average Bonchev–Trinajstić information content (AvgIpc) is 2.85. The molecule has 1 aliphatic heterocycles. The summed E-state index contributed by atoms with van der Waals surface area (Å²) in [5.74, 6) is -0.934. The maximum absolute atomic E-state index is 12.5. The van der Waals surface area contributed by atoms with Gasteiger partial charge in [-0.25, -0.2) is 0 Å². The van der Waals surface area contributed by atoms with Crippen molar-refractivity contribution < 1.29 is 9.59 Å². The van der Waals surface area contributed by atoms with Gasteiger partial charge in [0.1, 0.15) is 0 Å². The number of carbonyl (C=O) groups excluding carboxylic acids is 2. The number of hydrazine groups is 1. The number of amides is 2. The lowest BCUT2D eigenvalue weighted by atomic mass is 10.2. The summed E-state index contributed by atoms with van der Waals surface area (Å²) in [7, 11) is 0. The van der Waals surface area contributed by atoms with Crippen molar-refractivity contribution in [3.05, 3.63) is 74.6 Å². The molecular weight excluding hydrogens is 399 g/mol. The zero-order chi connectivity index (χ0) is 18.0. The molecule has 1 aliphatic rings. The smallest absolute Gasteiger partial charge is 0.267 e. The normalized spacial score (nSPS) is 15.8. The fourth-order valence-electron chi connectivity index (χ4n) is 2.10. The molecule has 1 saturated heterocycles. The highest BCUT2D eigenvalue weighted by Gasteiger charge is 2.34. The summed E-state index contributed by atoms with van der Waals surface area (Å²) in [6, 6.07) is 13.7. The number of halogens is 2. The van der Waals surface area contributed by atoms with Crippen molar-refractivity contribution in [2.24, 2.45) is 0 Å². The zero-order valence-electron chi connectivity index (χ0n) is 12.5. The molecule has 2 amide bonds. The Hall–Kier alpha value is -1.86. The molecule has 1 heterocycles. The zero-order valence-corrected chi connectivity index (χ0v) is 15.7. The van der Waals surface area contributed by atoms with E-state index in [2.05, 4.69) is 5.43 Å². The maximum atomic E-state index is 12.5. The van der Waals surface area contributed by atoms with Crippen LogP contribution in [0, 0.1) is 0 Å². The highest BCUT2D eigenvalue weighted by atomic mass is 35.5. The van der Waals surface area contributed by atoms with Crippen molar-refractivity contribution in [3.63, 3.8) is 0 Å². The SMILES string of the molecule is O=C(NN1C(=O)C(=Cc2ccccc2Cl)SC1=S)c1ccccc1Cl. The molecule has 0 aliphatic carbocycles. The minimum Gasteiger partial charge on any atom is -0.267 e. The van der Waals surface area contributed by atoms with Gasteiger partial charge in [-0.05, 0) is 42.1 Å². The molecule has 0 spiro atoms. The second-order valence-corrected chi connectivity index (χ2v) is 7.45. The summed E-state index contributed by atoms with van der Waals surface area (Å²) < 4.78 is 0.226. The first-order valence-electron chi connectivity index (χ1n) is 7.05. The van der Waals surface area contributed by atoms with E-state index >= 15 is 0 Å². The summed E-state index contributed by atoms with van der Waals surface area (Å²) in [6.07, 6.45) is 1.64. The molecule has 1 N–H and O–H groups in total. The molecule has 0 saturated carbocycles. The highest BCUT2D eigenvalue weighted by Crippen LogP contribution is 2.32. The Bertz CT molecular complexity index is 915. The predicted molar refractivity (Wildman–Crippen MR) is 105 cm³/mol. The van der Waals surface area contributed by atoms with Crippen molar-refractivity contribution in [1.82, 2.24) is 10.4 Å². The quantitative estimate of drug-likeness (QED) is 0.598. The van der Waals surface area contributed by atoms with Crippen LogP contribution in [0.25, 0.3) is 6.08 Å². The number of carbonyl (C=O) groups is 2. The molecular formula is C17H10Cl2N2O2S2. The third kappa shape index (κ3) is 3.88. The maximum Gasteiger partial charge on any atom is 0.285 e. The van der Waals surface area contributed by atoms with E-state index in [1.54, 1.807) is 48.5 Å². The number of thioether (sulfide) groups is 1. The number of nitrogens with zero attached hydrogens (tertiary/aromatic N) is 1. The molecule has 3 rings (SSSR count). The van der Waals surface area contributed by atoms with Crippen molar-refractivity contribution in [2.75, 3.05) is 0 Å². The molecule has 126 valence electrons. The number of hydrogen-bond acceptors (Lipinski definition) is 4. The van der Waals surface area contributed by atoms with Crippen LogP contribution < -0.4 is 5.43 Å². The number of hydrogen-bond donors (Lipinski definition) is 1. The Balaban J connectivity index is 1.81. The Morgan fingerprint density at radius 1 is 1.08 bits per heavy atom. The van der Waals surface area contributed by atoms with Crippen LogP contribution >= 0.6 is 47.2 Å². The minimum atomic E-state index is -0.513. The van der Waals surface area contributed by atoms with Gasteiger partial charge in [-0.15, -0.1) is 0 Å². The summed E-state index contributed by atoms with van der Waals surface area (Å²) in [4.78, 5) is 25.2. The van der Waals surface area contributed by atoms with E-state index in [0.29, 0.717) is 15.5 Å². The van der Waals surface area contributed by atoms with Crippen LogP contribution in [0.1, 0.15) is 15.9 Å². The predicted octanol–water partition coefficient (Wildman–Crippen LogP) is 4.54. The van der Waals surface area contributed by atoms with Gasteiger partial charge in [0.2, 0.25) is 0 Å². The first-order chi connectivity index (χ1) is 12.0. The van der Waals surface area contributed by atoms with Crippen molar-refractivity contribution in [3.8, 4) is 0 Å². The first kappa shape index (κ1) is 17.9. The molecule has 8 heteroatoms. The van der Waals surface area contributed by atoms with Crippen molar-refractivity contribution >= 4 is 69.4 Å². The first-order valence-corrected chi connectivity index (χ1v) is 9.03. The van der Waals surface area contributed by atoms with Crippen molar-refractivity contribution in [1.29, 1.82) is 0 Å². The Morgan fingerprint density at radius 2 is 1.72 bits per heavy atom. The molecule has 0 bridgehead atoms. The van der Waals surface area contributed by atoms with E-state index in [4.69, 9.17) is 35.4 Å². The fourth-order valence-corrected chi connectivity index (χ4v) is 3.69. The van der Waals surface area contributed by atoms with Crippen LogP contribution in [0.4, 0.5) is 0 Å². The molecule has 0 radical (unpaired) electrons. The minimum absolute atomic E-state index is 0.226. The van der Waals surface area contributed by atoms with Gasteiger partial charge < -0.3 is 0 Å². The molecule has 0 unspecified atom stereocenters. The Labute approximate surface area is 163 Å². The van der Waals surface area contributed by atoms with Crippen LogP contribution in [-0.4, -0.2) is 21.1 Å². The van der Waals surface area contributed by atoms with Gasteiger partial charge in [-0.1, -0.05) is 65.3 Å². The van der Waals surface area contributed by atoms with E-state index in [0.717, 1.165) is 16.8 Å². The van der Waals surface area contributed by atoms with E-state index < -0.39 is 11.8 Å². The second-order valence-electron chi connectivity index (χ2n) is 4.96. The van der Waals surface area contributed by atoms with Crippen LogP contribution in [0.2, 0.25) is 10.0 Å². The molecule has 1 fully saturated rings. The molecule has 0 aromatic heterocycles. The largest absolute Gasteiger partial charge is 0.285 e. The average molecular weight is 409 g/mol. The number of benzene rings is 2. The van der Waals surface area contributed by atoms with Gasteiger partial charge in [0.05, 0.1) is 15.5 Å². The van der Waals surface area contributed by atoms with E-state index in [-0.39, 0.29) is 14.9 Å². The standard InChI is InChI=1S/C17H10Cl2N2O2S2/c18-12-7-3-1-5-10(12)9-14-16(23)21(17(24)25-14)20-15(22)11-6-2-4-8-13(11)19/h1-9H,(H,20,22). The summed E-state index contributed by atoms with van der Waals surface area (Å²) in [5, 5.41) is 1.85. The monoisotopic (exact) mass is 408 g/mol. The van der Waals surface area contributed by atoms with Crippen LogP contribution in [-0.2, 0) is 4.79 Å². The van der Waals surface area contributed by atoms with Gasteiger partial charge in [-0.3, -0.25) is 15.0 Å². The Kier molecular flexibility index (Phi) is 5.44. The van der Waals surface area contributed by atoms with Gasteiger partial charge >= 0.3 is 0 Å². The van der Waals surface area contributed by atoms with Crippen LogP contribution in [0.5, 0.6) is 0 Å². The number of rotatable bonds is 3. The summed E-state index contributed by atoms with van der Waals surface area (Å²) >= 11 is 18.4. The van der Waals surface area contributed by atoms with Gasteiger partial charge in [0.25, 0.3) is 11.8 Å². The van der Waals surface area contributed by atoms with E-state index in [1.165, 1.54) is 0 Å². The molecule has 4 nitrogen and oxygen atoms in total. The second kappa shape index (κ2) is 7.58. The molecule has 0 atom stereocenters. The lowest BCUT2D eigenvalue weighted by Crippen LogP contribution is -2.44. The topological polar surface area (TPSA) is 49.4 Å². The van der Waals surface area contributed by atoms with Gasteiger partial charge in [0, 0.05) is 5.02 Å². The van der Waals surface area contributed by atoms with Gasteiger partial charge in [-0.2, -0.15) is 5.01 Å². The third-order valence-electron chi connectivity index (χ3n) is 3.32. The number of thiocarbonyl (C=S) groups is 1. The summed E-state index contributed by atoms with van der Waals surface area (Å²) in [6.45, 7) is 0. The van der Waals surface area contributed by atoms with Gasteiger partial charge in [0.15, 0.2) is 4.32 Å². The van der Waals surface area contributed by atoms with E-state index in [1.807, 2.05) is 6.07 Å². The third-order valence-corrected chi connectivity index (χ3v) is 5.29. The molecule has 2 aromatic rings. The van der Waals surface area contributed by atoms with E-state index in [9.17, 15) is 9.59 Å². The molecule has 2 aromatic carbocycles. The van der Waals surface area contributed by atoms with Crippen molar-refractivity contribution in [2.45, 2.75) is 0 Å². The fraction of sp³-hybridized carbons (Fsp3) is 0. The van der Waals surface area contributed by atoms with Crippen LogP contribution in [0.15, 0.2) is 53.4 Å². The highest BCUT2D eigenvalue weighted by molar-refractivity contribution is 8.26. The molecule has 25 heavy (non-hydrogen) atoms. The van der Waals surface area contributed by atoms with Crippen LogP contribution in [0.3, 0.4) is 0 Å². The lowest BCUT2D eigenvalue weighted by molar-refractivity contribution is -0.123. The number of nitrogens with one attached hydrogen (secondary N) is 1.